The van der Waals surface area contributed by atoms with Gasteiger partial charge in [0.05, 0.1) is 6.42 Å². The van der Waals surface area contributed by atoms with Crippen LogP contribution in [-0.4, -0.2) is 29.5 Å². The van der Waals surface area contributed by atoms with E-state index >= 15 is 0 Å². The van der Waals surface area contributed by atoms with Gasteiger partial charge >= 0.3 is 11.8 Å². The summed E-state index contributed by atoms with van der Waals surface area (Å²) in [4.78, 5) is 35.6. The molecule has 0 aliphatic heterocycles. The molecule has 3 amide bonds. The van der Waals surface area contributed by atoms with E-state index in [1.165, 1.54) is 6.42 Å². The third-order valence-electron chi connectivity index (χ3n) is 4.25. The number of carbonyl (C=O) groups is 3. The fourth-order valence-corrected chi connectivity index (χ4v) is 2.81. The molecular formula is C19H26N4O3. The van der Waals surface area contributed by atoms with E-state index in [1.807, 2.05) is 31.2 Å². The monoisotopic (exact) mass is 358 g/mol. The molecule has 140 valence electrons. The molecule has 7 nitrogen and oxygen atoms in total. The summed E-state index contributed by atoms with van der Waals surface area (Å²) in [6, 6.07) is 7.50. The van der Waals surface area contributed by atoms with Crippen LogP contribution in [0.3, 0.4) is 0 Å². The standard InChI is InChI=1S/C19H26N4O3/c1-13-8-10-16(11-9-13)20-17(24)12-14(2)22-23-19(26)18(25)21-15-6-4-3-5-7-15/h8-11,15H,3-7,12H2,1-2H3,(H,20,24)(H,21,25)(H,23,26). The second-order valence-corrected chi connectivity index (χ2v) is 6.69. The van der Waals surface area contributed by atoms with Gasteiger partial charge < -0.3 is 10.6 Å². The summed E-state index contributed by atoms with van der Waals surface area (Å²) in [5, 5.41) is 9.30. The lowest BCUT2D eigenvalue weighted by Gasteiger charge is -2.22. The number of hydrazone groups is 1. The first-order valence-electron chi connectivity index (χ1n) is 8.94. The molecule has 3 N–H and O–H groups in total. The van der Waals surface area contributed by atoms with Crippen molar-refractivity contribution < 1.29 is 14.4 Å². The Morgan fingerprint density at radius 2 is 1.69 bits per heavy atom. The van der Waals surface area contributed by atoms with E-state index in [-0.39, 0.29) is 18.4 Å². The number of anilines is 1. The highest BCUT2D eigenvalue weighted by Crippen LogP contribution is 2.17. The average Bonchev–Trinajstić information content (AvgIpc) is 2.62. The molecule has 2 rings (SSSR count). The lowest BCUT2D eigenvalue weighted by molar-refractivity contribution is -0.139. The number of nitrogens with zero attached hydrogens (tertiary/aromatic N) is 1. The van der Waals surface area contributed by atoms with Crippen molar-refractivity contribution in [2.24, 2.45) is 5.10 Å². The van der Waals surface area contributed by atoms with Crippen LogP contribution in [-0.2, 0) is 14.4 Å². The molecule has 26 heavy (non-hydrogen) atoms. The normalized spacial score (nSPS) is 15.2. The highest BCUT2D eigenvalue weighted by Gasteiger charge is 2.20. The van der Waals surface area contributed by atoms with Gasteiger partial charge in [0.2, 0.25) is 5.91 Å². The van der Waals surface area contributed by atoms with Crippen molar-refractivity contribution in [1.29, 1.82) is 0 Å². The molecule has 0 aromatic heterocycles. The average molecular weight is 358 g/mol. The van der Waals surface area contributed by atoms with Gasteiger partial charge in [-0.1, -0.05) is 37.0 Å². The number of carbonyl (C=O) groups excluding carboxylic acids is 3. The maximum Gasteiger partial charge on any atom is 0.329 e. The second-order valence-electron chi connectivity index (χ2n) is 6.69. The highest BCUT2D eigenvalue weighted by atomic mass is 16.2. The van der Waals surface area contributed by atoms with E-state index in [4.69, 9.17) is 0 Å². The topological polar surface area (TPSA) is 99.7 Å². The predicted molar refractivity (Wildman–Crippen MR) is 101 cm³/mol. The predicted octanol–water partition coefficient (Wildman–Crippen LogP) is 2.26. The van der Waals surface area contributed by atoms with E-state index < -0.39 is 11.8 Å². The summed E-state index contributed by atoms with van der Waals surface area (Å²) < 4.78 is 0. The van der Waals surface area contributed by atoms with Crippen LogP contribution in [0, 0.1) is 6.92 Å². The van der Waals surface area contributed by atoms with E-state index in [0.29, 0.717) is 11.4 Å². The van der Waals surface area contributed by atoms with Crippen LogP contribution in [0.1, 0.15) is 51.0 Å². The minimum Gasteiger partial charge on any atom is -0.345 e. The summed E-state index contributed by atoms with van der Waals surface area (Å²) >= 11 is 0. The molecule has 0 atom stereocenters. The zero-order valence-corrected chi connectivity index (χ0v) is 15.3. The molecule has 0 saturated heterocycles. The zero-order valence-electron chi connectivity index (χ0n) is 15.3. The third-order valence-corrected chi connectivity index (χ3v) is 4.25. The SMILES string of the molecule is CC(CC(=O)Nc1ccc(C)cc1)=NNC(=O)C(=O)NC1CCCCC1. The van der Waals surface area contributed by atoms with Crippen molar-refractivity contribution in [2.45, 2.75) is 58.4 Å². The lowest BCUT2D eigenvalue weighted by Crippen LogP contribution is -2.44. The number of benzene rings is 1. The number of hydrogen-bond donors (Lipinski definition) is 3. The summed E-state index contributed by atoms with van der Waals surface area (Å²) in [5.41, 5.74) is 4.42. The molecule has 0 spiro atoms. The number of amides is 3. The van der Waals surface area contributed by atoms with Crippen LogP contribution in [0.5, 0.6) is 0 Å². The minimum absolute atomic E-state index is 0.0262. The Morgan fingerprint density at radius 1 is 1.04 bits per heavy atom. The van der Waals surface area contributed by atoms with Crippen LogP contribution in [0.2, 0.25) is 0 Å². The molecule has 1 aliphatic rings. The number of nitrogens with one attached hydrogen (secondary N) is 3. The van der Waals surface area contributed by atoms with Gasteiger partial charge in [-0.3, -0.25) is 14.4 Å². The Kier molecular flexibility index (Phi) is 7.32. The van der Waals surface area contributed by atoms with Crippen molar-refractivity contribution in [3.8, 4) is 0 Å². The summed E-state index contributed by atoms with van der Waals surface area (Å²) in [6.45, 7) is 3.59. The van der Waals surface area contributed by atoms with E-state index in [0.717, 1.165) is 31.2 Å². The fourth-order valence-electron chi connectivity index (χ4n) is 2.81. The molecule has 7 heteroatoms. The van der Waals surface area contributed by atoms with Gasteiger partial charge in [0.15, 0.2) is 0 Å². The van der Waals surface area contributed by atoms with Crippen molar-refractivity contribution >= 4 is 29.1 Å². The Labute approximate surface area is 153 Å². The first kappa shape index (κ1) is 19.6. The van der Waals surface area contributed by atoms with Crippen molar-refractivity contribution in [2.75, 3.05) is 5.32 Å². The first-order valence-corrected chi connectivity index (χ1v) is 8.94. The van der Waals surface area contributed by atoms with Gasteiger partial charge in [-0.25, -0.2) is 5.43 Å². The quantitative estimate of drug-likeness (QED) is 0.428. The number of aryl methyl sites for hydroxylation is 1. The van der Waals surface area contributed by atoms with Gasteiger partial charge in [0, 0.05) is 17.4 Å². The van der Waals surface area contributed by atoms with E-state index in [9.17, 15) is 14.4 Å². The Balaban J connectivity index is 1.75. The Bertz CT molecular complexity index is 677. The van der Waals surface area contributed by atoms with Crippen molar-refractivity contribution in [1.82, 2.24) is 10.7 Å². The fraction of sp³-hybridized carbons (Fsp3) is 0.474. The number of hydrogen-bond acceptors (Lipinski definition) is 4. The third kappa shape index (κ3) is 6.66. The molecule has 1 aromatic rings. The molecule has 1 aromatic carbocycles. The molecule has 1 aliphatic carbocycles. The number of rotatable bonds is 5. The van der Waals surface area contributed by atoms with Crippen molar-refractivity contribution in [3.63, 3.8) is 0 Å². The second kappa shape index (κ2) is 9.70. The van der Waals surface area contributed by atoms with Gasteiger partial charge in [-0.15, -0.1) is 0 Å². The van der Waals surface area contributed by atoms with Crippen molar-refractivity contribution in [3.05, 3.63) is 29.8 Å². The lowest BCUT2D eigenvalue weighted by atomic mass is 9.95. The molecule has 0 heterocycles. The van der Waals surface area contributed by atoms with Crippen LogP contribution in [0.4, 0.5) is 5.69 Å². The van der Waals surface area contributed by atoms with Gasteiger partial charge in [-0.05, 0) is 38.8 Å². The maximum atomic E-state index is 12.0. The van der Waals surface area contributed by atoms with E-state index in [2.05, 4.69) is 21.2 Å². The first-order chi connectivity index (χ1) is 12.4. The molecule has 1 fully saturated rings. The van der Waals surface area contributed by atoms with Gasteiger partial charge in [-0.2, -0.15) is 5.10 Å². The minimum atomic E-state index is -0.811. The zero-order chi connectivity index (χ0) is 18.9. The molecular weight excluding hydrogens is 332 g/mol. The Hall–Kier alpha value is -2.70. The maximum absolute atomic E-state index is 12.0. The smallest absolute Gasteiger partial charge is 0.329 e. The van der Waals surface area contributed by atoms with Crippen LogP contribution in [0.15, 0.2) is 29.4 Å². The molecule has 0 radical (unpaired) electrons. The highest BCUT2D eigenvalue weighted by molar-refractivity contribution is 6.35. The molecule has 1 saturated carbocycles. The van der Waals surface area contributed by atoms with Crippen LogP contribution >= 0.6 is 0 Å². The van der Waals surface area contributed by atoms with E-state index in [1.54, 1.807) is 6.92 Å². The summed E-state index contributed by atoms with van der Waals surface area (Å²) in [7, 11) is 0. The molecule has 0 bridgehead atoms. The Morgan fingerprint density at radius 3 is 2.35 bits per heavy atom. The van der Waals surface area contributed by atoms with Crippen LogP contribution in [0.25, 0.3) is 0 Å². The largest absolute Gasteiger partial charge is 0.345 e. The summed E-state index contributed by atoms with van der Waals surface area (Å²) in [5.74, 6) is -1.73. The van der Waals surface area contributed by atoms with Crippen LogP contribution < -0.4 is 16.1 Å². The van der Waals surface area contributed by atoms with Gasteiger partial charge in [0.1, 0.15) is 0 Å². The molecule has 0 unspecified atom stereocenters. The summed E-state index contributed by atoms with van der Waals surface area (Å²) in [6.07, 6.45) is 5.14. The van der Waals surface area contributed by atoms with Gasteiger partial charge in [0.25, 0.3) is 0 Å².